The maximum Gasteiger partial charge on any atom is 0.258 e. The van der Waals surface area contributed by atoms with E-state index in [1.165, 1.54) is 5.56 Å². The molecule has 20 heavy (non-hydrogen) atoms. The average molecular weight is 277 g/mol. The first-order valence-corrected chi connectivity index (χ1v) is 7.18. The monoisotopic (exact) mass is 277 g/mol. The summed E-state index contributed by atoms with van der Waals surface area (Å²) in [5, 5.41) is 2.95. The molecule has 0 fully saturated rings. The maximum atomic E-state index is 11.8. The topological polar surface area (TPSA) is 38.3 Å². The van der Waals surface area contributed by atoms with Gasteiger partial charge >= 0.3 is 0 Å². The molecule has 0 bridgehead atoms. The molecule has 1 rings (SSSR count). The summed E-state index contributed by atoms with van der Waals surface area (Å²) in [4.78, 5) is 11.8. The lowest BCUT2D eigenvalue weighted by atomic mass is 9.87. The third-order valence-corrected chi connectivity index (χ3v) is 3.45. The van der Waals surface area contributed by atoms with Crippen LogP contribution in [0.4, 0.5) is 0 Å². The fraction of sp³-hybridized carbons (Fsp3) is 0.588. The first-order valence-electron chi connectivity index (χ1n) is 7.18. The molecule has 0 aromatic heterocycles. The third-order valence-electron chi connectivity index (χ3n) is 3.45. The van der Waals surface area contributed by atoms with Gasteiger partial charge in [-0.25, -0.2) is 0 Å². The van der Waals surface area contributed by atoms with Gasteiger partial charge in [0, 0.05) is 5.54 Å². The minimum atomic E-state index is -0.184. The molecule has 0 spiro atoms. The minimum absolute atomic E-state index is 0.0539. The van der Waals surface area contributed by atoms with Crippen LogP contribution in [-0.2, 0) is 10.2 Å². The van der Waals surface area contributed by atoms with Crippen LogP contribution in [0.15, 0.2) is 24.3 Å². The Bertz CT molecular complexity index is 441. The zero-order chi connectivity index (χ0) is 15.4. The molecule has 1 N–H and O–H groups in total. The van der Waals surface area contributed by atoms with Crippen molar-refractivity contribution >= 4 is 5.91 Å². The van der Waals surface area contributed by atoms with E-state index >= 15 is 0 Å². The SMILES string of the molecule is CCC(C)(C)NC(=O)COc1ccc(C(C)(C)C)cc1. The van der Waals surface area contributed by atoms with Crippen LogP contribution >= 0.6 is 0 Å². The van der Waals surface area contributed by atoms with Crippen molar-refractivity contribution in [1.82, 2.24) is 5.32 Å². The first kappa shape index (κ1) is 16.5. The zero-order valence-electron chi connectivity index (χ0n) is 13.5. The standard InChI is InChI=1S/C17H27NO2/c1-7-17(5,6)18-15(19)12-20-14-10-8-13(9-11-14)16(2,3)4/h8-11H,7,12H2,1-6H3,(H,18,19). The number of hydrogen-bond donors (Lipinski definition) is 1. The Balaban J connectivity index is 2.52. The van der Waals surface area contributed by atoms with Crippen molar-refractivity contribution in [3.05, 3.63) is 29.8 Å². The summed E-state index contributed by atoms with van der Waals surface area (Å²) < 4.78 is 5.51. The molecular formula is C17H27NO2. The Morgan fingerprint density at radius 2 is 1.65 bits per heavy atom. The maximum absolute atomic E-state index is 11.8. The second kappa shape index (κ2) is 6.29. The molecule has 3 nitrogen and oxygen atoms in total. The summed E-state index contributed by atoms with van der Waals surface area (Å²) in [6.45, 7) is 12.6. The van der Waals surface area contributed by atoms with Crippen molar-refractivity contribution in [3.8, 4) is 5.75 Å². The summed E-state index contributed by atoms with van der Waals surface area (Å²) in [5.74, 6) is 0.638. The second-order valence-electron chi connectivity index (χ2n) is 6.85. The van der Waals surface area contributed by atoms with E-state index in [1.54, 1.807) is 0 Å². The molecule has 3 heteroatoms. The zero-order valence-corrected chi connectivity index (χ0v) is 13.5. The fourth-order valence-corrected chi connectivity index (χ4v) is 1.70. The van der Waals surface area contributed by atoms with Crippen LogP contribution in [0.25, 0.3) is 0 Å². The predicted molar refractivity (Wildman–Crippen MR) is 83.1 cm³/mol. The summed E-state index contributed by atoms with van der Waals surface area (Å²) in [5.41, 5.74) is 1.19. The Morgan fingerprint density at radius 3 is 2.10 bits per heavy atom. The van der Waals surface area contributed by atoms with Gasteiger partial charge in [0.15, 0.2) is 6.61 Å². The largest absolute Gasteiger partial charge is 0.484 e. The lowest BCUT2D eigenvalue weighted by Gasteiger charge is -2.24. The number of rotatable bonds is 5. The fourth-order valence-electron chi connectivity index (χ4n) is 1.70. The van der Waals surface area contributed by atoms with E-state index in [4.69, 9.17) is 4.74 Å². The summed E-state index contributed by atoms with van der Waals surface area (Å²) in [6.07, 6.45) is 0.888. The van der Waals surface area contributed by atoms with Gasteiger partial charge in [-0.15, -0.1) is 0 Å². The molecule has 0 radical (unpaired) electrons. The minimum Gasteiger partial charge on any atom is -0.484 e. The lowest BCUT2D eigenvalue weighted by Crippen LogP contribution is -2.44. The van der Waals surface area contributed by atoms with Crippen molar-refractivity contribution in [3.63, 3.8) is 0 Å². The highest BCUT2D eigenvalue weighted by Crippen LogP contribution is 2.24. The Morgan fingerprint density at radius 1 is 1.10 bits per heavy atom. The average Bonchev–Trinajstić information content (AvgIpc) is 2.35. The summed E-state index contributed by atoms with van der Waals surface area (Å²) >= 11 is 0. The quantitative estimate of drug-likeness (QED) is 0.892. The van der Waals surface area contributed by atoms with Crippen LogP contribution in [0.3, 0.4) is 0 Å². The van der Waals surface area contributed by atoms with Gasteiger partial charge in [0.05, 0.1) is 0 Å². The first-order chi connectivity index (χ1) is 9.14. The van der Waals surface area contributed by atoms with Gasteiger partial charge in [0.25, 0.3) is 5.91 Å². The van der Waals surface area contributed by atoms with Crippen molar-refractivity contribution < 1.29 is 9.53 Å². The van der Waals surface area contributed by atoms with Crippen molar-refractivity contribution in [1.29, 1.82) is 0 Å². The summed E-state index contributed by atoms with van der Waals surface area (Å²) in [7, 11) is 0. The van der Waals surface area contributed by atoms with Crippen molar-refractivity contribution in [2.45, 2.75) is 58.9 Å². The summed E-state index contributed by atoms with van der Waals surface area (Å²) in [6, 6.07) is 7.92. The van der Waals surface area contributed by atoms with E-state index in [-0.39, 0.29) is 23.5 Å². The highest BCUT2D eigenvalue weighted by molar-refractivity contribution is 5.78. The molecule has 0 heterocycles. The number of carbonyl (C=O) groups excluding carboxylic acids is 1. The van der Waals surface area contributed by atoms with Gasteiger partial charge in [-0.2, -0.15) is 0 Å². The van der Waals surface area contributed by atoms with Crippen LogP contribution in [0.1, 0.15) is 53.5 Å². The predicted octanol–water partition coefficient (Wildman–Crippen LogP) is 3.67. The molecule has 112 valence electrons. The van der Waals surface area contributed by atoms with Gasteiger partial charge in [-0.05, 0) is 43.4 Å². The van der Waals surface area contributed by atoms with Gasteiger partial charge in [-0.3, -0.25) is 4.79 Å². The molecular weight excluding hydrogens is 250 g/mol. The van der Waals surface area contributed by atoms with E-state index in [0.717, 1.165) is 12.2 Å². The molecule has 0 atom stereocenters. The number of carbonyl (C=O) groups is 1. The number of benzene rings is 1. The molecule has 1 aromatic rings. The van der Waals surface area contributed by atoms with Crippen LogP contribution in [0, 0.1) is 0 Å². The highest BCUT2D eigenvalue weighted by Gasteiger charge is 2.18. The van der Waals surface area contributed by atoms with E-state index in [9.17, 15) is 4.79 Å². The van der Waals surface area contributed by atoms with Gasteiger partial charge in [0.1, 0.15) is 5.75 Å². The highest BCUT2D eigenvalue weighted by atomic mass is 16.5. The Labute approximate surface area is 122 Å². The second-order valence-corrected chi connectivity index (χ2v) is 6.85. The van der Waals surface area contributed by atoms with Crippen LogP contribution in [0.5, 0.6) is 5.75 Å². The van der Waals surface area contributed by atoms with Gasteiger partial charge in [0.2, 0.25) is 0 Å². The molecule has 0 unspecified atom stereocenters. The third kappa shape index (κ3) is 5.24. The molecule has 0 aliphatic carbocycles. The molecule has 0 saturated heterocycles. The molecule has 1 aromatic carbocycles. The molecule has 0 aliphatic heterocycles. The van der Waals surface area contributed by atoms with E-state index < -0.39 is 0 Å². The van der Waals surface area contributed by atoms with Crippen LogP contribution < -0.4 is 10.1 Å². The lowest BCUT2D eigenvalue weighted by molar-refractivity contribution is -0.124. The van der Waals surface area contributed by atoms with Gasteiger partial charge < -0.3 is 10.1 Å². The number of nitrogens with one attached hydrogen (secondary N) is 1. The van der Waals surface area contributed by atoms with Crippen LogP contribution in [-0.4, -0.2) is 18.1 Å². The van der Waals surface area contributed by atoms with Crippen molar-refractivity contribution in [2.24, 2.45) is 0 Å². The number of amides is 1. The van der Waals surface area contributed by atoms with E-state index in [0.29, 0.717) is 0 Å². The normalized spacial score (nSPS) is 12.1. The number of hydrogen-bond acceptors (Lipinski definition) is 2. The molecule has 1 amide bonds. The van der Waals surface area contributed by atoms with E-state index in [1.807, 2.05) is 45.0 Å². The number of ether oxygens (including phenoxy) is 1. The smallest absolute Gasteiger partial charge is 0.258 e. The van der Waals surface area contributed by atoms with Crippen LogP contribution in [0.2, 0.25) is 0 Å². The Hall–Kier alpha value is -1.51. The Kier molecular flexibility index (Phi) is 5.21. The molecule has 0 saturated carbocycles. The molecule has 0 aliphatic rings. The van der Waals surface area contributed by atoms with Gasteiger partial charge in [-0.1, -0.05) is 39.8 Å². The van der Waals surface area contributed by atoms with Crippen molar-refractivity contribution in [2.75, 3.05) is 6.61 Å². The van der Waals surface area contributed by atoms with E-state index in [2.05, 4.69) is 26.1 Å².